The third-order valence-electron chi connectivity index (χ3n) is 2.72. The SMILES string of the molecule is CC(CN(C)S(=O)(=O)c1ccc(Cl)c(C#N)c1)C(=O)O. The number of halogens is 1. The molecule has 1 aromatic carbocycles. The van der Waals surface area contributed by atoms with Crippen LogP contribution in [0.3, 0.4) is 0 Å². The minimum absolute atomic E-state index is 0.0485. The molecular weight excluding hydrogens is 304 g/mol. The normalized spacial score (nSPS) is 12.9. The van der Waals surface area contributed by atoms with Crippen molar-refractivity contribution in [1.82, 2.24) is 4.31 Å². The summed E-state index contributed by atoms with van der Waals surface area (Å²) in [5.41, 5.74) is 0.0485. The van der Waals surface area contributed by atoms with Gasteiger partial charge < -0.3 is 5.11 Å². The quantitative estimate of drug-likeness (QED) is 0.888. The number of hydrogen-bond donors (Lipinski definition) is 1. The third-order valence-corrected chi connectivity index (χ3v) is 4.87. The fourth-order valence-corrected chi connectivity index (χ4v) is 2.94. The van der Waals surface area contributed by atoms with Gasteiger partial charge in [0, 0.05) is 13.6 Å². The van der Waals surface area contributed by atoms with Crippen molar-refractivity contribution in [2.75, 3.05) is 13.6 Å². The van der Waals surface area contributed by atoms with Crippen LogP contribution in [0, 0.1) is 17.2 Å². The number of sulfonamides is 1. The largest absolute Gasteiger partial charge is 0.481 e. The first kappa shape index (κ1) is 16.4. The van der Waals surface area contributed by atoms with Crippen LogP contribution in [0.4, 0.5) is 0 Å². The summed E-state index contributed by atoms with van der Waals surface area (Å²) in [6.07, 6.45) is 0. The molecule has 1 atom stereocenters. The van der Waals surface area contributed by atoms with Gasteiger partial charge >= 0.3 is 5.97 Å². The Morgan fingerprint density at radius 3 is 2.65 bits per heavy atom. The lowest BCUT2D eigenvalue weighted by atomic mass is 10.2. The molecular formula is C12H13ClN2O4S. The van der Waals surface area contributed by atoms with Crippen LogP contribution in [0.5, 0.6) is 0 Å². The van der Waals surface area contributed by atoms with E-state index in [4.69, 9.17) is 22.0 Å². The van der Waals surface area contributed by atoms with Crippen molar-refractivity contribution in [3.05, 3.63) is 28.8 Å². The van der Waals surface area contributed by atoms with Crippen LogP contribution in [0.15, 0.2) is 23.1 Å². The van der Waals surface area contributed by atoms with Crippen molar-refractivity contribution in [3.8, 4) is 6.07 Å². The molecule has 0 spiro atoms. The molecule has 8 heteroatoms. The smallest absolute Gasteiger partial charge is 0.307 e. The highest BCUT2D eigenvalue weighted by molar-refractivity contribution is 7.89. The predicted molar refractivity (Wildman–Crippen MR) is 72.8 cm³/mol. The molecule has 1 unspecified atom stereocenters. The van der Waals surface area contributed by atoms with Gasteiger partial charge in [-0.2, -0.15) is 5.26 Å². The van der Waals surface area contributed by atoms with E-state index in [-0.39, 0.29) is 22.0 Å². The van der Waals surface area contributed by atoms with E-state index < -0.39 is 21.9 Å². The van der Waals surface area contributed by atoms with Crippen molar-refractivity contribution in [3.63, 3.8) is 0 Å². The summed E-state index contributed by atoms with van der Waals surface area (Å²) in [4.78, 5) is 10.7. The van der Waals surface area contributed by atoms with Gasteiger partial charge in [-0.3, -0.25) is 4.79 Å². The van der Waals surface area contributed by atoms with Crippen molar-refractivity contribution in [2.45, 2.75) is 11.8 Å². The molecule has 0 heterocycles. The Kier molecular flexibility index (Phi) is 5.11. The lowest BCUT2D eigenvalue weighted by Crippen LogP contribution is -2.33. The highest BCUT2D eigenvalue weighted by Gasteiger charge is 2.25. The average molecular weight is 317 g/mol. The van der Waals surface area contributed by atoms with Gasteiger partial charge in [-0.05, 0) is 18.2 Å². The second-order valence-electron chi connectivity index (χ2n) is 4.28. The Morgan fingerprint density at radius 1 is 1.55 bits per heavy atom. The molecule has 0 amide bonds. The van der Waals surface area contributed by atoms with E-state index in [2.05, 4.69) is 0 Å². The fraction of sp³-hybridized carbons (Fsp3) is 0.333. The monoisotopic (exact) mass is 316 g/mol. The fourth-order valence-electron chi connectivity index (χ4n) is 1.49. The minimum Gasteiger partial charge on any atom is -0.481 e. The van der Waals surface area contributed by atoms with Crippen LogP contribution in [0.25, 0.3) is 0 Å². The number of carbonyl (C=O) groups is 1. The van der Waals surface area contributed by atoms with Crippen molar-refractivity contribution in [1.29, 1.82) is 5.26 Å². The molecule has 108 valence electrons. The van der Waals surface area contributed by atoms with Crippen LogP contribution in [0.2, 0.25) is 5.02 Å². The summed E-state index contributed by atoms with van der Waals surface area (Å²) in [5, 5.41) is 17.8. The summed E-state index contributed by atoms with van der Waals surface area (Å²) >= 11 is 5.74. The topological polar surface area (TPSA) is 98.5 Å². The van der Waals surface area contributed by atoms with Crippen LogP contribution >= 0.6 is 11.6 Å². The predicted octanol–water partition coefficient (Wildman–Crippen LogP) is 1.55. The number of hydrogen-bond acceptors (Lipinski definition) is 4. The number of benzene rings is 1. The molecule has 1 aromatic rings. The van der Waals surface area contributed by atoms with Gasteiger partial charge in [0.25, 0.3) is 0 Å². The highest BCUT2D eigenvalue weighted by Crippen LogP contribution is 2.22. The van der Waals surface area contributed by atoms with Gasteiger partial charge in [-0.15, -0.1) is 0 Å². The summed E-state index contributed by atoms with van der Waals surface area (Å²) in [5.74, 6) is -1.92. The molecule has 0 aliphatic rings. The molecule has 1 rings (SSSR count). The summed E-state index contributed by atoms with van der Waals surface area (Å²) in [6.45, 7) is 1.25. The Hall–Kier alpha value is -1.62. The van der Waals surface area contributed by atoms with E-state index in [9.17, 15) is 13.2 Å². The Balaban J connectivity index is 3.11. The zero-order valence-electron chi connectivity index (χ0n) is 10.9. The molecule has 0 saturated heterocycles. The second kappa shape index (κ2) is 6.22. The van der Waals surface area contributed by atoms with Gasteiger partial charge in [0.05, 0.1) is 21.4 Å². The molecule has 0 fully saturated rings. The summed E-state index contributed by atoms with van der Waals surface area (Å²) < 4.78 is 25.4. The Labute approximate surface area is 122 Å². The standard InChI is InChI=1S/C12H13ClN2O4S/c1-8(12(16)17)7-15(2)20(18,19)10-3-4-11(13)9(5-10)6-14/h3-5,8H,7H2,1-2H3,(H,16,17). The first-order valence-corrected chi connectivity index (χ1v) is 7.40. The Bertz CT molecular complexity index is 667. The molecule has 0 aromatic heterocycles. The second-order valence-corrected chi connectivity index (χ2v) is 6.73. The van der Waals surface area contributed by atoms with Gasteiger partial charge in [-0.1, -0.05) is 18.5 Å². The molecule has 0 bridgehead atoms. The molecule has 0 aliphatic carbocycles. The molecule has 0 aliphatic heterocycles. The number of nitriles is 1. The van der Waals surface area contributed by atoms with Crippen molar-refractivity contribution >= 4 is 27.6 Å². The van der Waals surface area contributed by atoms with Crippen LogP contribution < -0.4 is 0 Å². The van der Waals surface area contributed by atoms with Crippen LogP contribution in [-0.4, -0.2) is 37.4 Å². The van der Waals surface area contributed by atoms with Gasteiger partial charge in [0.2, 0.25) is 10.0 Å². The molecule has 20 heavy (non-hydrogen) atoms. The first-order chi connectivity index (χ1) is 9.20. The Morgan fingerprint density at radius 2 is 2.15 bits per heavy atom. The molecule has 0 saturated carbocycles. The number of carboxylic acids is 1. The molecule has 6 nitrogen and oxygen atoms in total. The number of carboxylic acid groups (broad SMARTS) is 1. The van der Waals surface area contributed by atoms with Gasteiger partial charge in [0.15, 0.2) is 0 Å². The minimum atomic E-state index is -3.86. The van der Waals surface area contributed by atoms with E-state index in [1.165, 1.54) is 32.2 Å². The van der Waals surface area contributed by atoms with E-state index in [1.54, 1.807) is 6.07 Å². The molecule has 1 N–H and O–H groups in total. The van der Waals surface area contributed by atoms with Crippen LogP contribution in [-0.2, 0) is 14.8 Å². The van der Waals surface area contributed by atoms with Crippen molar-refractivity contribution < 1.29 is 18.3 Å². The zero-order valence-corrected chi connectivity index (χ0v) is 12.4. The van der Waals surface area contributed by atoms with Crippen molar-refractivity contribution in [2.24, 2.45) is 5.92 Å². The van der Waals surface area contributed by atoms with Gasteiger partial charge in [0.1, 0.15) is 6.07 Å². The van der Waals surface area contributed by atoms with E-state index >= 15 is 0 Å². The van der Waals surface area contributed by atoms with Gasteiger partial charge in [-0.25, -0.2) is 12.7 Å². The molecule has 0 radical (unpaired) electrons. The lowest BCUT2D eigenvalue weighted by molar-refractivity contribution is -0.141. The summed E-state index contributed by atoms with van der Waals surface area (Å²) in [6, 6.07) is 5.56. The number of aliphatic carboxylic acids is 1. The number of rotatable bonds is 5. The maximum Gasteiger partial charge on any atom is 0.307 e. The van der Waals surface area contributed by atoms with E-state index in [0.717, 1.165) is 4.31 Å². The van der Waals surface area contributed by atoms with Crippen LogP contribution in [0.1, 0.15) is 12.5 Å². The average Bonchev–Trinajstić information content (AvgIpc) is 2.38. The highest BCUT2D eigenvalue weighted by atomic mass is 35.5. The lowest BCUT2D eigenvalue weighted by Gasteiger charge is -2.19. The maximum atomic E-state index is 12.3. The first-order valence-electron chi connectivity index (χ1n) is 5.59. The maximum absolute atomic E-state index is 12.3. The van der Waals surface area contributed by atoms with E-state index in [0.29, 0.717) is 0 Å². The zero-order chi connectivity index (χ0) is 15.5. The third kappa shape index (κ3) is 3.48. The number of nitrogens with zero attached hydrogens (tertiary/aromatic N) is 2. The van der Waals surface area contributed by atoms with E-state index in [1.807, 2.05) is 0 Å². The summed E-state index contributed by atoms with van der Waals surface area (Å²) in [7, 11) is -2.57.